The molecular weight excluding hydrogens is 306 g/mol. The number of amides is 1. The minimum atomic E-state index is 0.0549. The van der Waals surface area contributed by atoms with Crippen molar-refractivity contribution in [2.75, 3.05) is 6.26 Å². The van der Waals surface area contributed by atoms with Gasteiger partial charge in [-0.25, -0.2) is 9.97 Å². The molecule has 1 N–H and O–H groups in total. The Balaban J connectivity index is 1.89. The molecule has 0 unspecified atom stereocenters. The summed E-state index contributed by atoms with van der Waals surface area (Å²) in [7, 11) is 0. The molecule has 0 aliphatic heterocycles. The smallest absolute Gasteiger partial charge is 0.220 e. The van der Waals surface area contributed by atoms with E-state index in [0.717, 1.165) is 27.7 Å². The molecule has 0 fully saturated rings. The number of hydrogen-bond acceptors (Lipinski definition) is 4. The molecule has 0 aliphatic rings. The van der Waals surface area contributed by atoms with Gasteiger partial charge in [0.25, 0.3) is 0 Å². The lowest BCUT2D eigenvalue weighted by molar-refractivity contribution is -0.121. The first-order chi connectivity index (χ1) is 11.0. The molecular formula is C18H23N3OS. The Morgan fingerprint density at radius 1 is 1.17 bits per heavy atom. The summed E-state index contributed by atoms with van der Waals surface area (Å²) in [5.74, 6) is 0.0549. The van der Waals surface area contributed by atoms with Crippen LogP contribution < -0.4 is 5.32 Å². The predicted octanol–water partition coefficient (Wildman–Crippen LogP) is 3.37. The number of carbonyl (C=O) groups is 1. The number of thioether (sulfide) groups is 1. The first-order valence-corrected chi connectivity index (χ1v) is 8.92. The summed E-state index contributed by atoms with van der Waals surface area (Å²) in [5, 5.41) is 3.76. The lowest BCUT2D eigenvalue weighted by Gasteiger charge is -2.10. The highest BCUT2D eigenvalue weighted by atomic mass is 32.2. The van der Waals surface area contributed by atoms with Gasteiger partial charge in [-0.3, -0.25) is 4.79 Å². The normalized spacial score (nSPS) is 10.6. The van der Waals surface area contributed by atoms with Crippen LogP contribution in [0.1, 0.15) is 34.5 Å². The number of hydrogen-bond donors (Lipinski definition) is 1. The van der Waals surface area contributed by atoms with Crippen molar-refractivity contribution in [1.29, 1.82) is 0 Å². The van der Waals surface area contributed by atoms with Crippen LogP contribution in [0.15, 0.2) is 29.4 Å². The lowest BCUT2D eigenvalue weighted by atomic mass is 10.1. The fourth-order valence-corrected chi connectivity index (χ4v) is 2.97. The fourth-order valence-electron chi connectivity index (χ4n) is 2.51. The molecule has 0 spiro atoms. The molecule has 0 saturated heterocycles. The zero-order chi connectivity index (χ0) is 16.8. The molecule has 0 atom stereocenters. The molecule has 2 aromatic rings. The molecule has 1 heterocycles. The molecule has 0 aliphatic carbocycles. The van der Waals surface area contributed by atoms with Crippen LogP contribution in [0.2, 0.25) is 0 Å². The maximum Gasteiger partial charge on any atom is 0.220 e. The number of rotatable bonds is 6. The van der Waals surface area contributed by atoms with E-state index in [1.807, 2.05) is 32.2 Å². The van der Waals surface area contributed by atoms with Gasteiger partial charge >= 0.3 is 0 Å². The van der Waals surface area contributed by atoms with Crippen molar-refractivity contribution in [3.05, 3.63) is 52.3 Å². The van der Waals surface area contributed by atoms with E-state index in [4.69, 9.17) is 0 Å². The summed E-state index contributed by atoms with van der Waals surface area (Å²) < 4.78 is 0. The third kappa shape index (κ3) is 5.06. The van der Waals surface area contributed by atoms with Crippen molar-refractivity contribution in [2.24, 2.45) is 0 Å². The van der Waals surface area contributed by atoms with Crippen LogP contribution in [-0.2, 0) is 17.8 Å². The van der Waals surface area contributed by atoms with E-state index in [1.54, 1.807) is 0 Å². The highest BCUT2D eigenvalue weighted by Crippen LogP contribution is 2.17. The standard InChI is InChI=1S/C18H23N3OS/c1-12-6-5-7-15(10-12)11-19-17(22)9-8-16-13(2)20-18(23-4)21-14(16)3/h5-7,10H,8-9,11H2,1-4H3,(H,19,22). The first kappa shape index (κ1) is 17.5. The Hall–Kier alpha value is -1.88. The highest BCUT2D eigenvalue weighted by molar-refractivity contribution is 7.98. The van der Waals surface area contributed by atoms with Crippen molar-refractivity contribution < 1.29 is 4.79 Å². The maximum absolute atomic E-state index is 12.1. The van der Waals surface area contributed by atoms with Gasteiger partial charge < -0.3 is 5.32 Å². The molecule has 1 amide bonds. The molecule has 23 heavy (non-hydrogen) atoms. The topological polar surface area (TPSA) is 54.9 Å². The Labute approximate surface area is 142 Å². The van der Waals surface area contributed by atoms with E-state index in [9.17, 15) is 4.79 Å². The molecule has 5 heteroatoms. The van der Waals surface area contributed by atoms with E-state index in [1.165, 1.54) is 17.3 Å². The summed E-state index contributed by atoms with van der Waals surface area (Å²) >= 11 is 1.54. The first-order valence-electron chi connectivity index (χ1n) is 7.70. The van der Waals surface area contributed by atoms with E-state index >= 15 is 0 Å². The molecule has 0 radical (unpaired) electrons. The van der Waals surface area contributed by atoms with Gasteiger partial charge in [-0.1, -0.05) is 41.6 Å². The molecule has 1 aromatic carbocycles. The third-order valence-electron chi connectivity index (χ3n) is 3.76. The van der Waals surface area contributed by atoms with Crippen molar-refractivity contribution in [2.45, 2.75) is 45.3 Å². The van der Waals surface area contributed by atoms with Crippen LogP contribution in [0.5, 0.6) is 0 Å². The second kappa shape index (κ2) is 8.11. The molecule has 0 saturated carbocycles. The average molecular weight is 329 g/mol. The van der Waals surface area contributed by atoms with Gasteiger partial charge in [-0.2, -0.15) is 0 Å². The van der Waals surface area contributed by atoms with Crippen LogP contribution in [0, 0.1) is 20.8 Å². The molecule has 0 bridgehead atoms. The van der Waals surface area contributed by atoms with E-state index in [0.29, 0.717) is 19.4 Å². The van der Waals surface area contributed by atoms with Crippen LogP contribution in [0.4, 0.5) is 0 Å². The zero-order valence-corrected chi connectivity index (χ0v) is 15.0. The van der Waals surface area contributed by atoms with Crippen LogP contribution in [0.25, 0.3) is 0 Å². The van der Waals surface area contributed by atoms with Gasteiger partial charge in [-0.05, 0) is 44.6 Å². The number of nitrogens with one attached hydrogen (secondary N) is 1. The largest absolute Gasteiger partial charge is 0.352 e. The second-order valence-electron chi connectivity index (χ2n) is 5.63. The van der Waals surface area contributed by atoms with Gasteiger partial charge in [-0.15, -0.1) is 0 Å². The number of aromatic nitrogens is 2. The SMILES string of the molecule is CSc1nc(C)c(CCC(=O)NCc2cccc(C)c2)c(C)n1. The molecule has 2 rings (SSSR count). The maximum atomic E-state index is 12.1. The van der Waals surface area contributed by atoms with Gasteiger partial charge in [0.05, 0.1) is 0 Å². The molecule has 4 nitrogen and oxygen atoms in total. The van der Waals surface area contributed by atoms with Crippen molar-refractivity contribution in [3.8, 4) is 0 Å². The second-order valence-corrected chi connectivity index (χ2v) is 6.40. The van der Waals surface area contributed by atoms with E-state index in [2.05, 4.69) is 34.3 Å². The van der Waals surface area contributed by atoms with Crippen LogP contribution >= 0.6 is 11.8 Å². The summed E-state index contributed by atoms with van der Waals surface area (Å²) in [6, 6.07) is 8.17. The van der Waals surface area contributed by atoms with E-state index < -0.39 is 0 Å². The number of nitrogens with zero attached hydrogens (tertiary/aromatic N) is 2. The number of benzene rings is 1. The van der Waals surface area contributed by atoms with Gasteiger partial charge in [0, 0.05) is 24.4 Å². The number of aryl methyl sites for hydroxylation is 3. The molecule has 1 aromatic heterocycles. The summed E-state index contributed by atoms with van der Waals surface area (Å²) in [6.07, 6.45) is 3.09. The highest BCUT2D eigenvalue weighted by Gasteiger charge is 2.10. The Bertz CT molecular complexity index is 677. The molecule has 122 valence electrons. The third-order valence-corrected chi connectivity index (χ3v) is 4.30. The Kier molecular flexibility index (Phi) is 6.16. The van der Waals surface area contributed by atoms with Crippen molar-refractivity contribution in [1.82, 2.24) is 15.3 Å². The summed E-state index contributed by atoms with van der Waals surface area (Å²) in [4.78, 5) is 21.0. The van der Waals surface area contributed by atoms with E-state index in [-0.39, 0.29) is 5.91 Å². The minimum Gasteiger partial charge on any atom is -0.352 e. The quantitative estimate of drug-likeness (QED) is 0.652. The summed E-state index contributed by atoms with van der Waals surface area (Å²) in [5.41, 5.74) is 5.34. The Morgan fingerprint density at radius 2 is 1.87 bits per heavy atom. The minimum absolute atomic E-state index is 0.0549. The van der Waals surface area contributed by atoms with Crippen molar-refractivity contribution in [3.63, 3.8) is 0 Å². The van der Waals surface area contributed by atoms with Gasteiger partial charge in [0.2, 0.25) is 5.91 Å². The average Bonchev–Trinajstić information content (AvgIpc) is 2.52. The van der Waals surface area contributed by atoms with Gasteiger partial charge in [0.15, 0.2) is 5.16 Å². The summed E-state index contributed by atoms with van der Waals surface area (Å²) in [6.45, 7) is 6.58. The van der Waals surface area contributed by atoms with Crippen LogP contribution in [-0.4, -0.2) is 22.1 Å². The van der Waals surface area contributed by atoms with Gasteiger partial charge in [0.1, 0.15) is 0 Å². The lowest BCUT2D eigenvalue weighted by Crippen LogP contribution is -2.23. The predicted molar refractivity (Wildman–Crippen MR) is 94.6 cm³/mol. The van der Waals surface area contributed by atoms with Crippen molar-refractivity contribution >= 4 is 17.7 Å². The fraction of sp³-hybridized carbons (Fsp3) is 0.389. The Morgan fingerprint density at radius 3 is 2.48 bits per heavy atom. The monoisotopic (exact) mass is 329 g/mol. The number of carbonyl (C=O) groups excluding carboxylic acids is 1. The van der Waals surface area contributed by atoms with Crippen LogP contribution in [0.3, 0.4) is 0 Å². The zero-order valence-electron chi connectivity index (χ0n) is 14.1.